The van der Waals surface area contributed by atoms with Gasteiger partial charge in [0, 0.05) is 32.1 Å². The summed E-state index contributed by atoms with van der Waals surface area (Å²) in [6.45, 7) is 4.22. The van der Waals surface area contributed by atoms with Gasteiger partial charge in [0.2, 0.25) is 10.0 Å². The summed E-state index contributed by atoms with van der Waals surface area (Å²) in [5.41, 5.74) is 0.960. The third-order valence-electron chi connectivity index (χ3n) is 7.07. The number of aromatic amines is 1. The van der Waals surface area contributed by atoms with Crippen LogP contribution in [0.15, 0.2) is 27.9 Å². The summed E-state index contributed by atoms with van der Waals surface area (Å²) in [6, 6.07) is 4.46. The minimum absolute atomic E-state index is 0.00954. The molecule has 0 spiro atoms. The van der Waals surface area contributed by atoms with Gasteiger partial charge in [0.05, 0.1) is 22.8 Å². The minimum atomic E-state index is -3.92. The number of sulfonamides is 1. The van der Waals surface area contributed by atoms with Crippen molar-refractivity contribution in [1.82, 2.24) is 28.8 Å². The summed E-state index contributed by atoms with van der Waals surface area (Å²) in [5, 5.41) is 13.9. The number of benzene rings is 1. The maximum absolute atomic E-state index is 13.4. The van der Waals surface area contributed by atoms with E-state index >= 15 is 0 Å². The third-order valence-corrected chi connectivity index (χ3v) is 8.97. The number of amides is 1. The summed E-state index contributed by atoms with van der Waals surface area (Å²) >= 11 is 0. The summed E-state index contributed by atoms with van der Waals surface area (Å²) in [6.07, 6.45) is 3.09. The quantitative estimate of drug-likeness (QED) is 0.493. The molecule has 0 atom stereocenters. The molecule has 1 saturated carbocycles. The van der Waals surface area contributed by atoms with Crippen LogP contribution in [-0.2, 0) is 10.0 Å². The number of carboxylic acid groups (broad SMARTS) is 1. The molecule has 2 N–H and O–H groups in total. The number of nitrogens with one attached hydrogen (secondary N) is 1. The van der Waals surface area contributed by atoms with Crippen LogP contribution < -0.4 is 10.3 Å². The fraction of sp³-hybridized carbons (Fsp3) is 0.500. The second-order valence-corrected chi connectivity index (χ2v) is 11.3. The van der Waals surface area contributed by atoms with Gasteiger partial charge in [-0.3, -0.25) is 4.79 Å². The number of imidazole rings is 1. The largest absolute Gasteiger partial charge is 0.493 e. The number of aryl methyl sites for hydroxylation is 1. The van der Waals surface area contributed by atoms with Gasteiger partial charge in [0.15, 0.2) is 11.3 Å². The molecule has 37 heavy (non-hydrogen) atoms. The Balaban J connectivity index is 1.58. The Hall–Kier alpha value is -3.45. The molecule has 12 nitrogen and oxygen atoms in total. The van der Waals surface area contributed by atoms with Crippen LogP contribution in [0.5, 0.6) is 5.75 Å². The lowest BCUT2D eigenvalue weighted by molar-refractivity contribution is 0.126. The zero-order chi connectivity index (χ0) is 26.3. The smallest absolute Gasteiger partial charge is 0.407 e. The first-order valence-electron chi connectivity index (χ1n) is 12.5. The number of ether oxygens (including phenoxy) is 1. The van der Waals surface area contributed by atoms with Crippen LogP contribution in [0.1, 0.15) is 50.0 Å². The molecule has 1 saturated heterocycles. The van der Waals surface area contributed by atoms with E-state index in [0.717, 1.165) is 31.5 Å². The number of hydrogen-bond donors (Lipinski definition) is 2. The molecule has 3 heterocycles. The number of aromatic nitrogens is 4. The van der Waals surface area contributed by atoms with Crippen LogP contribution >= 0.6 is 0 Å². The lowest BCUT2D eigenvalue weighted by Gasteiger charge is -2.32. The third kappa shape index (κ3) is 4.57. The Bertz CT molecular complexity index is 1500. The normalized spacial score (nSPS) is 17.5. The van der Waals surface area contributed by atoms with E-state index in [1.54, 1.807) is 17.5 Å². The Morgan fingerprint density at radius 2 is 1.89 bits per heavy atom. The van der Waals surface area contributed by atoms with Crippen molar-refractivity contribution in [2.45, 2.75) is 50.3 Å². The minimum Gasteiger partial charge on any atom is -0.493 e. The molecular weight excluding hydrogens is 500 g/mol. The second kappa shape index (κ2) is 9.78. The second-order valence-electron chi connectivity index (χ2n) is 9.36. The van der Waals surface area contributed by atoms with E-state index in [0.29, 0.717) is 29.1 Å². The molecule has 1 aliphatic carbocycles. The van der Waals surface area contributed by atoms with Crippen molar-refractivity contribution >= 4 is 21.6 Å². The lowest BCUT2D eigenvalue weighted by Crippen LogP contribution is -2.50. The Morgan fingerprint density at radius 1 is 1.19 bits per heavy atom. The number of hydrogen-bond acceptors (Lipinski definition) is 7. The average molecular weight is 531 g/mol. The van der Waals surface area contributed by atoms with Gasteiger partial charge in [0.25, 0.3) is 5.56 Å². The maximum Gasteiger partial charge on any atom is 0.407 e. The van der Waals surface area contributed by atoms with Crippen molar-refractivity contribution in [2.75, 3.05) is 32.8 Å². The first-order valence-corrected chi connectivity index (χ1v) is 13.9. The Labute approximate surface area is 213 Å². The highest BCUT2D eigenvalue weighted by molar-refractivity contribution is 7.89. The average Bonchev–Trinajstić information content (AvgIpc) is 3.52. The predicted molar refractivity (Wildman–Crippen MR) is 135 cm³/mol. The molecule has 0 unspecified atom stereocenters. The van der Waals surface area contributed by atoms with Crippen molar-refractivity contribution in [2.24, 2.45) is 0 Å². The van der Waals surface area contributed by atoms with Gasteiger partial charge in [-0.25, -0.2) is 22.7 Å². The van der Waals surface area contributed by atoms with Crippen LogP contribution in [0.2, 0.25) is 0 Å². The zero-order valence-corrected chi connectivity index (χ0v) is 21.6. The fourth-order valence-corrected chi connectivity index (χ4v) is 6.62. The van der Waals surface area contributed by atoms with Crippen LogP contribution in [0.4, 0.5) is 4.79 Å². The topological polar surface area (TPSA) is 150 Å². The van der Waals surface area contributed by atoms with E-state index < -0.39 is 16.1 Å². The van der Waals surface area contributed by atoms with E-state index in [2.05, 4.69) is 9.97 Å². The van der Waals surface area contributed by atoms with Crippen molar-refractivity contribution in [3.63, 3.8) is 0 Å². The highest BCUT2D eigenvalue weighted by Crippen LogP contribution is 2.35. The van der Waals surface area contributed by atoms with Crippen LogP contribution in [-0.4, -0.2) is 81.2 Å². The number of carbonyl (C=O) groups is 1. The van der Waals surface area contributed by atoms with Crippen molar-refractivity contribution < 1.29 is 23.1 Å². The Morgan fingerprint density at radius 3 is 2.54 bits per heavy atom. The maximum atomic E-state index is 13.4. The molecule has 2 fully saturated rings. The van der Waals surface area contributed by atoms with Crippen molar-refractivity contribution in [1.29, 1.82) is 0 Å². The first-order chi connectivity index (χ1) is 17.7. The van der Waals surface area contributed by atoms with Crippen molar-refractivity contribution in [3.05, 3.63) is 40.1 Å². The molecule has 3 aromatic rings. The molecule has 13 heteroatoms. The van der Waals surface area contributed by atoms with Crippen LogP contribution in [0.3, 0.4) is 0 Å². The van der Waals surface area contributed by atoms with Gasteiger partial charge in [-0.05, 0) is 44.9 Å². The molecule has 2 aromatic heterocycles. The number of rotatable bonds is 6. The summed E-state index contributed by atoms with van der Waals surface area (Å²) in [7, 11) is -3.92. The van der Waals surface area contributed by atoms with E-state index in [-0.39, 0.29) is 48.4 Å². The van der Waals surface area contributed by atoms with E-state index in [1.165, 1.54) is 21.3 Å². The highest BCUT2D eigenvalue weighted by atomic mass is 32.2. The SMILES string of the molecule is CCOc1ccc(S(=O)(=O)N2CCN(C(=O)O)CC2)cc1-c1nn2c(C3CCCC3)nc(C)c2c(=O)[nH]1. The standard InChI is InChI=1S/C24H30N6O6S/c1-3-36-19-9-8-17(37(34,35)29-12-10-28(11-13-29)24(32)33)14-18(19)21-26-23(31)20-15(2)25-22(30(20)27-21)16-6-4-5-7-16/h8-9,14,16H,3-7,10-13H2,1-2H3,(H,32,33)(H,26,27,31). The number of H-pyrrole nitrogens is 1. The van der Waals surface area contributed by atoms with E-state index in [4.69, 9.17) is 9.84 Å². The molecule has 1 aliphatic heterocycles. The summed E-state index contributed by atoms with van der Waals surface area (Å²) < 4.78 is 35.5. The summed E-state index contributed by atoms with van der Waals surface area (Å²) in [5.74, 6) is 1.53. The van der Waals surface area contributed by atoms with E-state index in [9.17, 15) is 23.1 Å². The van der Waals surface area contributed by atoms with Gasteiger partial charge in [0.1, 0.15) is 11.6 Å². The highest BCUT2D eigenvalue weighted by Gasteiger charge is 2.31. The molecule has 5 rings (SSSR count). The first kappa shape index (κ1) is 25.2. The molecule has 2 aliphatic rings. The molecule has 0 bridgehead atoms. The van der Waals surface area contributed by atoms with Crippen molar-refractivity contribution in [3.8, 4) is 17.1 Å². The molecule has 1 amide bonds. The molecular formula is C24H30N6O6S. The van der Waals surface area contributed by atoms with Crippen LogP contribution in [0, 0.1) is 6.92 Å². The van der Waals surface area contributed by atoms with Crippen LogP contribution in [0.25, 0.3) is 16.9 Å². The monoisotopic (exact) mass is 530 g/mol. The predicted octanol–water partition coefficient (Wildman–Crippen LogP) is 2.43. The van der Waals surface area contributed by atoms with E-state index in [1.807, 2.05) is 6.92 Å². The molecule has 0 radical (unpaired) electrons. The fourth-order valence-electron chi connectivity index (χ4n) is 5.17. The lowest BCUT2D eigenvalue weighted by atomic mass is 10.1. The van der Waals surface area contributed by atoms with Gasteiger partial charge in [-0.15, -0.1) is 5.10 Å². The van der Waals surface area contributed by atoms with Gasteiger partial charge >= 0.3 is 6.09 Å². The number of fused-ring (bicyclic) bond motifs is 1. The zero-order valence-electron chi connectivity index (χ0n) is 20.8. The summed E-state index contributed by atoms with van der Waals surface area (Å²) in [4.78, 5) is 33.0. The Kier molecular flexibility index (Phi) is 6.67. The number of nitrogens with zero attached hydrogens (tertiary/aromatic N) is 5. The number of piperazine rings is 1. The van der Waals surface area contributed by atoms with Gasteiger partial charge < -0.3 is 19.7 Å². The van der Waals surface area contributed by atoms with Gasteiger partial charge in [-0.1, -0.05) is 12.8 Å². The molecule has 198 valence electrons. The molecule has 1 aromatic carbocycles. The van der Waals surface area contributed by atoms with Gasteiger partial charge in [-0.2, -0.15) is 4.31 Å².